The molecule has 2 rings (SSSR count). The van der Waals surface area contributed by atoms with E-state index in [4.69, 9.17) is 4.74 Å². The van der Waals surface area contributed by atoms with Gasteiger partial charge in [-0.25, -0.2) is 0 Å². The second-order valence-electron chi connectivity index (χ2n) is 5.32. The molecule has 5 heteroatoms. The van der Waals surface area contributed by atoms with Crippen molar-refractivity contribution in [3.05, 3.63) is 30.3 Å². The molecule has 0 radical (unpaired) electrons. The van der Waals surface area contributed by atoms with E-state index in [9.17, 15) is 9.90 Å². The summed E-state index contributed by atoms with van der Waals surface area (Å²) in [7, 11) is 0. The molecule has 116 valence electrons. The van der Waals surface area contributed by atoms with Crippen LogP contribution in [0.5, 0.6) is 0 Å². The van der Waals surface area contributed by atoms with Crippen LogP contribution in [0.15, 0.2) is 30.3 Å². The van der Waals surface area contributed by atoms with Crippen LogP contribution in [0.2, 0.25) is 0 Å². The number of rotatable bonds is 5. The van der Waals surface area contributed by atoms with Crippen molar-refractivity contribution in [2.45, 2.75) is 49.2 Å². The van der Waals surface area contributed by atoms with Gasteiger partial charge in [-0.2, -0.15) is 0 Å². The normalized spacial score (nSPS) is 20.5. The standard InChI is InChI=1S/C16H21FO3Se/c1-2-20-14(18)16(17,15(19)11-7-4-8-12-15)21-13-9-5-3-6-10-13/h3,5-6,9-10,19H,2,4,7-8,11-12H2,1H3. The quantitative estimate of drug-likeness (QED) is 0.646. The molecule has 1 aromatic carbocycles. The summed E-state index contributed by atoms with van der Waals surface area (Å²) in [5.74, 6) is -0.918. The molecule has 0 heterocycles. The van der Waals surface area contributed by atoms with Gasteiger partial charge in [0.05, 0.1) is 0 Å². The van der Waals surface area contributed by atoms with Crippen molar-refractivity contribution in [3.63, 3.8) is 0 Å². The van der Waals surface area contributed by atoms with Gasteiger partial charge in [-0.1, -0.05) is 0 Å². The Morgan fingerprint density at radius 2 is 1.95 bits per heavy atom. The van der Waals surface area contributed by atoms with Gasteiger partial charge < -0.3 is 0 Å². The van der Waals surface area contributed by atoms with Crippen LogP contribution < -0.4 is 4.46 Å². The van der Waals surface area contributed by atoms with E-state index >= 15 is 4.39 Å². The summed E-state index contributed by atoms with van der Waals surface area (Å²) in [6, 6.07) is 9.06. The van der Waals surface area contributed by atoms with Crippen LogP contribution in [0.3, 0.4) is 0 Å². The second kappa shape index (κ2) is 6.91. The summed E-state index contributed by atoms with van der Waals surface area (Å²) >= 11 is -0.827. The van der Waals surface area contributed by atoms with E-state index in [1.54, 1.807) is 19.1 Å². The number of alkyl halides is 1. The third-order valence-electron chi connectivity index (χ3n) is 3.82. The summed E-state index contributed by atoms with van der Waals surface area (Å²) in [5, 5.41) is 10.8. The van der Waals surface area contributed by atoms with Gasteiger partial charge in [-0.3, -0.25) is 0 Å². The first-order valence-corrected chi connectivity index (χ1v) is 9.06. The minimum atomic E-state index is -2.32. The van der Waals surface area contributed by atoms with Crippen LogP contribution in [0.4, 0.5) is 4.39 Å². The molecule has 1 aliphatic rings. The van der Waals surface area contributed by atoms with Crippen LogP contribution in [0.25, 0.3) is 0 Å². The molecule has 0 aliphatic heterocycles. The fourth-order valence-corrected chi connectivity index (χ4v) is 5.08. The van der Waals surface area contributed by atoms with E-state index in [0.717, 1.165) is 23.7 Å². The number of aliphatic hydroxyl groups is 1. The third-order valence-corrected chi connectivity index (χ3v) is 6.62. The zero-order valence-corrected chi connectivity index (χ0v) is 13.9. The Morgan fingerprint density at radius 1 is 1.33 bits per heavy atom. The van der Waals surface area contributed by atoms with Gasteiger partial charge in [-0.05, 0) is 0 Å². The van der Waals surface area contributed by atoms with Crippen LogP contribution in [-0.4, -0.2) is 42.8 Å². The Hall–Kier alpha value is -0.901. The van der Waals surface area contributed by atoms with Crippen LogP contribution in [-0.2, 0) is 9.53 Å². The molecule has 21 heavy (non-hydrogen) atoms. The number of carbonyl (C=O) groups excluding carboxylic acids is 1. The molecular formula is C16H21FO3Se. The summed E-state index contributed by atoms with van der Waals surface area (Å²) in [6.45, 7) is 1.77. The molecule has 1 saturated carbocycles. The molecule has 1 atom stereocenters. The number of hydrogen-bond donors (Lipinski definition) is 1. The fraction of sp³-hybridized carbons (Fsp3) is 0.562. The van der Waals surface area contributed by atoms with Crippen molar-refractivity contribution in [1.29, 1.82) is 0 Å². The third kappa shape index (κ3) is 3.47. The van der Waals surface area contributed by atoms with E-state index < -0.39 is 31.1 Å². The summed E-state index contributed by atoms with van der Waals surface area (Å²) < 4.78 is 19.0. The number of ether oxygens (including phenoxy) is 1. The number of esters is 1. The maximum absolute atomic E-state index is 15.6. The predicted molar refractivity (Wildman–Crippen MR) is 80.3 cm³/mol. The molecule has 1 unspecified atom stereocenters. The van der Waals surface area contributed by atoms with Crippen LogP contribution in [0.1, 0.15) is 39.0 Å². The molecule has 0 saturated heterocycles. The number of halogens is 1. The minimum absolute atomic E-state index is 0.117. The Kier molecular flexibility index (Phi) is 5.42. The topological polar surface area (TPSA) is 46.5 Å². The van der Waals surface area contributed by atoms with Crippen molar-refractivity contribution in [2.75, 3.05) is 6.61 Å². The molecule has 1 N–H and O–H groups in total. The van der Waals surface area contributed by atoms with E-state index in [1.807, 2.05) is 18.2 Å². The van der Waals surface area contributed by atoms with Crippen molar-refractivity contribution >= 4 is 25.4 Å². The number of benzene rings is 1. The Morgan fingerprint density at radius 3 is 2.52 bits per heavy atom. The summed E-state index contributed by atoms with van der Waals surface area (Å²) in [5.41, 5.74) is -1.60. The van der Waals surface area contributed by atoms with Crippen LogP contribution >= 0.6 is 0 Å². The molecule has 1 aliphatic carbocycles. The second-order valence-corrected chi connectivity index (χ2v) is 7.92. The van der Waals surface area contributed by atoms with E-state index in [1.165, 1.54) is 0 Å². The zero-order chi connectivity index (χ0) is 15.3. The molecule has 1 fully saturated rings. The molecule has 0 amide bonds. The molecule has 1 aromatic rings. The van der Waals surface area contributed by atoms with Gasteiger partial charge in [0, 0.05) is 0 Å². The molecular weight excluding hydrogens is 338 g/mol. The Bertz CT molecular complexity index is 474. The van der Waals surface area contributed by atoms with Gasteiger partial charge >= 0.3 is 131 Å². The molecule has 0 bridgehead atoms. The van der Waals surface area contributed by atoms with Gasteiger partial charge in [0.2, 0.25) is 0 Å². The summed E-state index contributed by atoms with van der Waals surface area (Å²) in [6.07, 6.45) is 3.09. The maximum atomic E-state index is 15.6. The average Bonchev–Trinajstić information content (AvgIpc) is 2.49. The molecule has 0 spiro atoms. The van der Waals surface area contributed by atoms with Gasteiger partial charge in [0.25, 0.3) is 0 Å². The van der Waals surface area contributed by atoms with Crippen molar-refractivity contribution in [1.82, 2.24) is 0 Å². The summed E-state index contributed by atoms with van der Waals surface area (Å²) in [4.78, 5) is 12.2. The first-order valence-electron chi connectivity index (χ1n) is 7.34. The van der Waals surface area contributed by atoms with E-state index in [0.29, 0.717) is 12.8 Å². The predicted octanol–water partition coefficient (Wildman–Crippen LogP) is 1.94. The number of hydrogen-bond acceptors (Lipinski definition) is 3. The molecule has 0 aromatic heterocycles. The fourth-order valence-electron chi connectivity index (χ4n) is 2.66. The Labute approximate surface area is 131 Å². The van der Waals surface area contributed by atoms with E-state index in [2.05, 4.69) is 0 Å². The monoisotopic (exact) mass is 360 g/mol. The van der Waals surface area contributed by atoms with Crippen molar-refractivity contribution < 1.29 is 19.0 Å². The van der Waals surface area contributed by atoms with Gasteiger partial charge in [-0.15, -0.1) is 0 Å². The number of carbonyl (C=O) groups is 1. The first-order chi connectivity index (χ1) is 10.0. The van der Waals surface area contributed by atoms with Crippen LogP contribution in [0, 0.1) is 0 Å². The zero-order valence-electron chi connectivity index (χ0n) is 12.2. The Balaban J connectivity index is 2.31. The van der Waals surface area contributed by atoms with Gasteiger partial charge in [0.15, 0.2) is 0 Å². The van der Waals surface area contributed by atoms with Crippen molar-refractivity contribution in [2.24, 2.45) is 0 Å². The van der Waals surface area contributed by atoms with Crippen molar-refractivity contribution in [3.8, 4) is 0 Å². The SMILES string of the molecule is CCOC(=O)C(F)([Se]c1ccccc1)C1(O)CCCCC1. The van der Waals surface area contributed by atoms with E-state index in [-0.39, 0.29) is 6.61 Å². The van der Waals surface area contributed by atoms with Gasteiger partial charge in [0.1, 0.15) is 0 Å². The first kappa shape index (κ1) is 16.5. The molecule has 3 nitrogen and oxygen atoms in total. The average molecular weight is 359 g/mol.